The van der Waals surface area contributed by atoms with Crippen molar-refractivity contribution in [1.29, 1.82) is 0 Å². The number of fused-ring (bicyclic) bond motifs is 1. The van der Waals surface area contributed by atoms with Gasteiger partial charge in [-0.05, 0) is 48.5 Å². The molecule has 0 radical (unpaired) electrons. The topological polar surface area (TPSA) is 96.4 Å². The Morgan fingerprint density at radius 1 is 0.919 bits per heavy atom. The zero-order valence-electron chi connectivity index (χ0n) is 19.9. The molecule has 0 amide bonds. The summed E-state index contributed by atoms with van der Waals surface area (Å²) in [7, 11) is 3.19. The van der Waals surface area contributed by atoms with E-state index in [1.54, 1.807) is 31.3 Å². The van der Waals surface area contributed by atoms with Crippen molar-refractivity contribution in [3.05, 3.63) is 99.7 Å². The van der Waals surface area contributed by atoms with E-state index in [1.165, 1.54) is 15.9 Å². The predicted octanol–water partition coefficient (Wildman–Crippen LogP) is 3.63. The van der Waals surface area contributed by atoms with Crippen LogP contribution in [0.5, 0.6) is 11.5 Å². The molecule has 0 aliphatic carbocycles. The smallest absolute Gasteiger partial charge is 0.291 e. The minimum atomic E-state index is -0.242. The summed E-state index contributed by atoms with van der Waals surface area (Å²) in [6.45, 7) is 0. The molecule has 0 unspecified atom stereocenters. The van der Waals surface area contributed by atoms with Gasteiger partial charge in [-0.2, -0.15) is 14.6 Å². The maximum absolute atomic E-state index is 13.2. The normalized spacial score (nSPS) is 11.8. The van der Waals surface area contributed by atoms with Crippen molar-refractivity contribution in [1.82, 2.24) is 29.4 Å². The number of nitrogens with zero attached hydrogens (tertiary/aromatic N) is 6. The van der Waals surface area contributed by atoms with Gasteiger partial charge in [0.2, 0.25) is 4.96 Å². The summed E-state index contributed by atoms with van der Waals surface area (Å²) in [5.41, 5.74) is 3.69. The Labute approximate surface area is 214 Å². The Kier molecular flexibility index (Phi) is 5.70. The van der Waals surface area contributed by atoms with Gasteiger partial charge in [0, 0.05) is 35.3 Å². The highest BCUT2D eigenvalue weighted by molar-refractivity contribution is 7.15. The highest BCUT2D eigenvalue weighted by Crippen LogP contribution is 2.33. The third-order valence-corrected chi connectivity index (χ3v) is 6.77. The number of methoxy groups -OCH3 is 2. The second kappa shape index (κ2) is 9.32. The second-order valence-corrected chi connectivity index (χ2v) is 9.08. The summed E-state index contributed by atoms with van der Waals surface area (Å²) in [6, 6.07) is 19.1. The monoisotopic (exact) mass is 508 g/mol. The van der Waals surface area contributed by atoms with E-state index in [1.807, 2.05) is 72.9 Å². The Bertz CT molecular complexity index is 1830. The van der Waals surface area contributed by atoms with Crippen LogP contribution in [0.15, 0.2) is 84.0 Å². The van der Waals surface area contributed by atoms with Gasteiger partial charge in [0.15, 0.2) is 17.3 Å². The number of benzene rings is 2. The average molecular weight is 509 g/mol. The van der Waals surface area contributed by atoms with Crippen molar-refractivity contribution in [2.75, 3.05) is 14.2 Å². The molecule has 182 valence electrons. The predicted molar refractivity (Wildman–Crippen MR) is 141 cm³/mol. The van der Waals surface area contributed by atoms with Crippen LogP contribution in [-0.4, -0.2) is 43.6 Å². The minimum Gasteiger partial charge on any atom is -0.493 e. The van der Waals surface area contributed by atoms with Crippen molar-refractivity contribution in [2.45, 2.75) is 0 Å². The second-order valence-electron chi connectivity index (χ2n) is 8.07. The van der Waals surface area contributed by atoms with Crippen LogP contribution in [0.4, 0.5) is 0 Å². The third-order valence-electron chi connectivity index (χ3n) is 5.81. The van der Waals surface area contributed by atoms with Crippen molar-refractivity contribution >= 4 is 22.4 Å². The molecule has 0 atom stereocenters. The van der Waals surface area contributed by atoms with Gasteiger partial charge in [-0.3, -0.25) is 9.78 Å². The molecule has 4 heterocycles. The molecule has 37 heavy (non-hydrogen) atoms. The average Bonchev–Trinajstić information content (AvgIpc) is 3.64. The Hall–Kier alpha value is -4.83. The summed E-state index contributed by atoms with van der Waals surface area (Å²) in [6.07, 6.45) is 7.08. The molecule has 4 aromatic heterocycles. The van der Waals surface area contributed by atoms with Crippen LogP contribution in [0.25, 0.3) is 39.4 Å². The lowest BCUT2D eigenvalue weighted by Gasteiger charge is -2.09. The maximum atomic E-state index is 13.2. The van der Waals surface area contributed by atoms with Crippen molar-refractivity contribution in [3.63, 3.8) is 0 Å². The Morgan fingerprint density at radius 2 is 1.76 bits per heavy atom. The van der Waals surface area contributed by atoms with Crippen LogP contribution in [0.3, 0.4) is 0 Å². The summed E-state index contributed by atoms with van der Waals surface area (Å²) in [5.74, 6) is 1.67. The SMILES string of the molecule is COc1ccc(-c2nn(-c3ccccc3)cc2/C=c2\sc3nc(-c4cccnc4)nn3c2=O)cc1OC. The fraction of sp³-hybridized carbons (Fsp3) is 0.0741. The van der Waals surface area contributed by atoms with Crippen LogP contribution in [-0.2, 0) is 0 Å². The molecule has 0 aliphatic rings. The van der Waals surface area contributed by atoms with Gasteiger partial charge in [-0.15, -0.1) is 5.10 Å². The molecule has 0 spiro atoms. The van der Waals surface area contributed by atoms with Gasteiger partial charge in [-0.25, -0.2) is 4.68 Å². The number of pyridine rings is 1. The van der Waals surface area contributed by atoms with Crippen LogP contribution >= 0.6 is 11.3 Å². The largest absolute Gasteiger partial charge is 0.493 e. The molecular formula is C27H20N6O3S. The summed E-state index contributed by atoms with van der Waals surface area (Å²) in [5, 5.41) is 9.26. The molecule has 6 rings (SSSR count). The molecule has 9 nitrogen and oxygen atoms in total. The maximum Gasteiger partial charge on any atom is 0.291 e. The summed E-state index contributed by atoms with van der Waals surface area (Å²) >= 11 is 1.28. The fourth-order valence-corrected chi connectivity index (χ4v) is 4.90. The number of thiazole rings is 1. The highest BCUT2D eigenvalue weighted by atomic mass is 32.1. The molecule has 2 aromatic carbocycles. The Balaban J connectivity index is 1.50. The molecule has 0 aliphatic heterocycles. The lowest BCUT2D eigenvalue weighted by atomic mass is 10.1. The lowest BCUT2D eigenvalue weighted by molar-refractivity contribution is 0.355. The van der Waals surface area contributed by atoms with E-state index in [9.17, 15) is 4.79 Å². The number of ether oxygens (including phenoxy) is 2. The standard InChI is InChI=1S/C27H20N6O3S/c1-35-21-11-10-17(13-22(21)36-2)24-19(16-32(30-24)20-8-4-3-5-9-20)14-23-26(34)33-27(37-23)29-25(31-33)18-7-6-12-28-15-18/h3-16H,1-2H3/b23-14-. The van der Waals surface area contributed by atoms with Crippen LogP contribution < -0.4 is 19.6 Å². The highest BCUT2D eigenvalue weighted by Gasteiger charge is 2.16. The first-order valence-corrected chi connectivity index (χ1v) is 12.2. The van der Waals surface area contributed by atoms with Crippen molar-refractivity contribution in [3.8, 4) is 39.8 Å². The summed E-state index contributed by atoms with van der Waals surface area (Å²) < 4.78 is 14.5. The first kappa shape index (κ1) is 22.6. The van der Waals surface area contributed by atoms with E-state index in [0.29, 0.717) is 32.5 Å². The van der Waals surface area contributed by atoms with Crippen molar-refractivity contribution in [2.24, 2.45) is 0 Å². The molecule has 0 bridgehead atoms. The molecule has 0 N–H and O–H groups in total. The van der Waals surface area contributed by atoms with Gasteiger partial charge in [-0.1, -0.05) is 29.5 Å². The number of para-hydroxylation sites is 1. The lowest BCUT2D eigenvalue weighted by Crippen LogP contribution is -2.23. The molecule has 6 aromatic rings. The van der Waals surface area contributed by atoms with Gasteiger partial charge in [0.05, 0.1) is 24.4 Å². The van der Waals surface area contributed by atoms with Crippen molar-refractivity contribution < 1.29 is 9.47 Å². The van der Waals surface area contributed by atoms with Crippen LogP contribution in [0.1, 0.15) is 5.56 Å². The zero-order chi connectivity index (χ0) is 25.4. The number of aromatic nitrogens is 6. The van der Waals surface area contributed by atoms with E-state index in [4.69, 9.17) is 14.6 Å². The van der Waals surface area contributed by atoms with E-state index < -0.39 is 0 Å². The molecule has 0 saturated heterocycles. The van der Waals surface area contributed by atoms with Gasteiger partial charge < -0.3 is 9.47 Å². The zero-order valence-corrected chi connectivity index (χ0v) is 20.7. The first-order chi connectivity index (χ1) is 18.1. The van der Waals surface area contributed by atoms with E-state index in [-0.39, 0.29) is 5.56 Å². The van der Waals surface area contributed by atoms with Gasteiger partial charge >= 0.3 is 0 Å². The van der Waals surface area contributed by atoms with Crippen LogP contribution in [0, 0.1) is 0 Å². The quantitative estimate of drug-likeness (QED) is 0.339. The number of rotatable bonds is 6. The molecule has 10 heteroatoms. The Morgan fingerprint density at radius 3 is 2.49 bits per heavy atom. The summed E-state index contributed by atoms with van der Waals surface area (Å²) in [4.78, 5) is 22.4. The number of hydrogen-bond acceptors (Lipinski definition) is 8. The minimum absolute atomic E-state index is 0.242. The fourth-order valence-electron chi connectivity index (χ4n) is 4.01. The third kappa shape index (κ3) is 4.13. The van der Waals surface area contributed by atoms with Gasteiger partial charge in [0.1, 0.15) is 5.69 Å². The molecule has 0 saturated carbocycles. The van der Waals surface area contributed by atoms with E-state index in [0.717, 1.165) is 22.4 Å². The van der Waals surface area contributed by atoms with Crippen LogP contribution in [0.2, 0.25) is 0 Å². The van der Waals surface area contributed by atoms with E-state index >= 15 is 0 Å². The number of hydrogen-bond donors (Lipinski definition) is 0. The molecular weight excluding hydrogens is 488 g/mol. The first-order valence-electron chi connectivity index (χ1n) is 11.3. The van der Waals surface area contributed by atoms with Gasteiger partial charge in [0.25, 0.3) is 5.56 Å². The molecule has 0 fully saturated rings. The van der Waals surface area contributed by atoms with E-state index in [2.05, 4.69) is 15.1 Å².